The van der Waals surface area contributed by atoms with Crippen LogP contribution in [0.25, 0.3) is 22.4 Å². The van der Waals surface area contributed by atoms with Gasteiger partial charge in [-0.2, -0.15) is 5.10 Å². The van der Waals surface area contributed by atoms with Gasteiger partial charge in [-0.1, -0.05) is 30.3 Å². The number of carbonyl (C=O) groups is 1. The maximum Gasteiger partial charge on any atom is 0.323 e. The fourth-order valence-corrected chi connectivity index (χ4v) is 3.03. The highest BCUT2D eigenvalue weighted by molar-refractivity contribution is 5.99. The van der Waals surface area contributed by atoms with Crippen LogP contribution in [-0.4, -0.2) is 20.8 Å². The lowest BCUT2D eigenvalue weighted by Crippen LogP contribution is -2.19. The number of carbonyl (C=O) groups excluding carboxylic acids is 1. The number of urea groups is 1. The van der Waals surface area contributed by atoms with Crippen molar-refractivity contribution in [3.63, 3.8) is 0 Å². The summed E-state index contributed by atoms with van der Waals surface area (Å²) in [6.45, 7) is 2.87. The van der Waals surface area contributed by atoms with Gasteiger partial charge in [0.05, 0.1) is 0 Å². The summed E-state index contributed by atoms with van der Waals surface area (Å²) in [4.78, 5) is 15.2. The molecule has 6 heteroatoms. The van der Waals surface area contributed by atoms with E-state index in [0.717, 1.165) is 40.3 Å². The average molecular weight is 371 g/mol. The van der Waals surface area contributed by atoms with Crippen LogP contribution in [0.5, 0.6) is 0 Å². The van der Waals surface area contributed by atoms with Gasteiger partial charge in [-0.3, -0.25) is 4.68 Å². The first-order valence-electron chi connectivity index (χ1n) is 9.17. The van der Waals surface area contributed by atoms with Crippen molar-refractivity contribution in [2.45, 2.75) is 13.5 Å². The zero-order valence-electron chi connectivity index (χ0n) is 15.5. The number of aryl methyl sites for hydroxylation is 1. The molecule has 0 saturated carbocycles. The van der Waals surface area contributed by atoms with E-state index in [0.29, 0.717) is 0 Å². The van der Waals surface area contributed by atoms with Crippen LogP contribution >= 0.6 is 0 Å². The maximum absolute atomic E-state index is 12.1. The van der Waals surface area contributed by atoms with Gasteiger partial charge in [0.1, 0.15) is 5.69 Å². The number of aromatic nitrogens is 3. The standard InChI is InChI=1S/C22H21N5O/c1-2-27-15-20(17-12-13-23-14-17)21(26-27)16-8-10-19(11-9-16)25-22(28)24-18-6-4-3-5-7-18/h3-15,23H,2H2,1H3,(H2,24,25,28). The van der Waals surface area contributed by atoms with Crippen LogP contribution in [0.15, 0.2) is 79.3 Å². The molecule has 0 unspecified atom stereocenters. The smallest absolute Gasteiger partial charge is 0.323 e. The van der Waals surface area contributed by atoms with Gasteiger partial charge in [0, 0.05) is 53.2 Å². The molecule has 0 aliphatic carbocycles. The van der Waals surface area contributed by atoms with E-state index >= 15 is 0 Å². The van der Waals surface area contributed by atoms with Crippen LogP contribution in [0, 0.1) is 0 Å². The highest BCUT2D eigenvalue weighted by Gasteiger charge is 2.13. The molecule has 2 amide bonds. The topological polar surface area (TPSA) is 74.7 Å². The predicted octanol–water partition coefficient (Wildman–Crippen LogP) is 5.21. The molecule has 0 fully saturated rings. The normalized spacial score (nSPS) is 10.6. The second-order valence-electron chi connectivity index (χ2n) is 6.37. The number of amides is 2. The maximum atomic E-state index is 12.1. The van der Waals surface area contributed by atoms with Crippen LogP contribution in [0.2, 0.25) is 0 Å². The highest BCUT2D eigenvalue weighted by atomic mass is 16.2. The number of benzene rings is 2. The Morgan fingerprint density at radius 1 is 0.964 bits per heavy atom. The Kier molecular flexibility index (Phi) is 4.93. The summed E-state index contributed by atoms with van der Waals surface area (Å²) in [5.41, 5.74) is 5.55. The number of rotatable bonds is 5. The number of nitrogens with zero attached hydrogens (tertiary/aromatic N) is 2. The van der Waals surface area contributed by atoms with Crippen LogP contribution < -0.4 is 10.6 Å². The van der Waals surface area contributed by atoms with E-state index in [1.54, 1.807) is 0 Å². The summed E-state index contributed by atoms with van der Waals surface area (Å²) in [6, 6.07) is 18.8. The first kappa shape index (κ1) is 17.6. The summed E-state index contributed by atoms with van der Waals surface area (Å²) in [5, 5.41) is 10.4. The predicted molar refractivity (Wildman–Crippen MR) is 112 cm³/mol. The number of para-hydroxylation sites is 1. The third-order valence-corrected chi connectivity index (χ3v) is 4.44. The van der Waals surface area contributed by atoms with E-state index in [-0.39, 0.29) is 6.03 Å². The molecular weight excluding hydrogens is 350 g/mol. The van der Waals surface area contributed by atoms with Gasteiger partial charge in [0.15, 0.2) is 0 Å². The van der Waals surface area contributed by atoms with E-state index in [4.69, 9.17) is 5.10 Å². The summed E-state index contributed by atoms with van der Waals surface area (Å²) in [5.74, 6) is 0. The fraction of sp³-hybridized carbons (Fsp3) is 0.0909. The van der Waals surface area contributed by atoms with Gasteiger partial charge in [0.2, 0.25) is 0 Å². The fourth-order valence-electron chi connectivity index (χ4n) is 3.03. The van der Waals surface area contributed by atoms with E-state index < -0.39 is 0 Å². The van der Waals surface area contributed by atoms with E-state index in [1.807, 2.05) is 77.7 Å². The second-order valence-corrected chi connectivity index (χ2v) is 6.37. The van der Waals surface area contributed by atoms with Gasteiger partial charge >= 0.3 is 6.03 Å². The molecule has 0 aliphatic rings. The molecule has 0 aliphatic heterocycles. The van der Waals surface area contributed by atoms with E-state index in [1.165, 1.54) is 0 Å². The van der Waals surface area contributed by atoms with Gasteiger partial charge in [-0.05, 0) is 37.3 Å². The average Bonchev–Trinajstić information content (AvgIpc) is 3.39. The van der Waals surface area contributed by atoms with Gasteiger partial charge in [0.25, 0.3) is 0 Å². The molecule has 28 heavy (non-hydrogen) atoms. The zero-order valence-corrected chi connectivity index (χ0v) is 15.5. The first-order chi connectivity index (χ1) is 13.7. The largest absolute Gasteiger partial charge is 0.367 e. The highest BCUT2D eigenvalue weighted by Crippen LogP contribution is 2.31. The lowest BCUT2D eigenvalue weighted by Gasteiger charge is -2.08. The number of H-pyrrole nitrogens is 1. The second kappa shape index (κ2) is 7.84. The van der Waals surface area contributed by atoms with E-state index in [9.17, 15) is 4.79 Å². The van der Waals surface area contributed by atoms with Crippen LogP contribution in [-0.2, 0) is 6.54 Å². The minimum Gasteiger partial charge on any atom is -0.367 e. The molecule has 0 radical (unpaired) electrons. The molecule has 0 atom stereocenters. The zero-order chi connectivity index (χ0) is 19.3. The summed E-state index contributed by atoms with van der Waals surface area (Å²) >= 11 is 0. The Morgan fingerprint density at radius 2 is 1.68 bits per heavy atom. The molecule has 6 nitrogen and oxygen atoms in total. The summed E-state index contributed by atoms with van der Waals surface area (Å²) < 4.78 is 1.93. The molecule has 4 aromatic rings. The lowest BCUT2D eigenvalue weighted by atomic mass is 10.0. The molecule has 2 aromatic heterocycles. The van der Waals surface area contributed by atoms with Gasteiger partial charge in [-0.15, -0.1) is 0 Å². The monoisotopic (exact) mass is 371 g/mol. The molecule has 140 valence electrons. The third-order valence-electron chi connectivity index (χ3n) is 4.44. The molecule has 4 rings (SSSR count). The molecule has 2 heterocycles. The number of hydrogen-bond acceptors (Lipinski definition) is 2. The van der Waals surface area contributed by atoms with Crippen LogP contribution in [0.3, 0.4) is 0 Å². The Bertz CT molecular complexity index is 1050. The number of nitrogens with one attached hydrogen (secondary N) is 3. The number of aromatic amines is 1. The van der Waals surface area contributed by atoms with Crippen molar-refractivity contribution in [2.24, 2.45) is 0 Å². The Labute approximate surface area is 163 Å². The molecule has 0 spiro atoms. The van der Waals surface area contributed by atoms with Crippen LogP contribution in [0.4, 0.5) is 16.2 Å². The van der Waals surface area contributed by atoms with Crippen molar-refractivity contribution in [1.82, 2.24) is 14.8 Å². The van der Waals surface area contributed by atoms with Crippen molar-refractivity contribution in [2.75, 3.05) is 10.6 Å². The van der Waals surface area contributed by atoms with Crippen molar-refractivity contribution in [3.8, 4) is 22.4 Å². The number of hydrogen-bond donors (Lipinski definition) is 3. The van der Waals surface area contributed by atoms with Crippen molar-refractivity contribution < 1.29 is 4.79 Å². The Morgan fingerprint density at radius 3 is 2.32 bits per heavy atom. The minimum absolute atomic E-state index is 0.276. The molecular formula is C22H21N5O. The van der Waals surface area contributed by atoms with Gasteiger partial charge < -0.3 is 15.6 Å². The Hall–Kier alpha value is -3.80. The molecule has 0 bridgehead atoms. The van der Waals surface area contributed by atoms with Crippen molar-refractivity contribution in [1.29, 1.82) is 0 Å². The lowest BCUT2D eigenvalue weighted by molar-refractivity contribution is 0.262. The summed E-state index contributed by atoms with van der Waals surface area (Å²) in [7, 11) is 0. The van der Waals surface area contributed by atoms with Gasteiger partial charge in [-0.25, -0.2) is 4.79 Å². The van der Waals surface area contributed by atoms with Crippen LogP contribution in [0.1, 0.15) is 6.92 Å². The number of anilines is 2. The third kappa shape index (κ3) is 3.81. The molecule has 0 saturated heterocycles. The van der Waals surface area contributed by atoms with E-state index in [2.05, 4.69) is 28.7 Å². The first-order valence-corrected chi connectivity index (χ1v) is 9.17. The minimum atomic E-state index is -0.276. The quantitative estimate of drug-likeness (QED) is 0.450. The Balaban J connectivity index is 1.52. The van der Waals surface area contributed by atoms with Crippen molar-refractivity contribution in [3.05, 3.63) is 79.3 Å². The molecule has 3 N–H and O–H groups in total. The molecule has 2 aromatic carbocycles. The van der Waals surface area contributed by atoms with Crippen molar-refractivity contribution >= 4 is 17.4 Å². The SMILES string of the molecule is CCn1cc(-c2cc[nH]c2)c(-c2ccc(NC(=O)Nc3ccccc3)cc2)n1. The summed E-state index contributed by atoms with van der Waals surface area (Å²) in [6.07, 6.45) is 5.92.